The number of hydrogen-bond donors (Lipinski definition) is 0. The molecule has 0 aliphatic carbocycles. The van der Waals surface area contributed by atoms with E-state index in [1.807, 2.05) is 32.0 Å². The van der Waals surface area contributed by atoms with E-state index in [4.69, 9.17) is 9.05 Å². The molecule has 2 aromatic heterocycles. The Morgan fingerprint density at radius 2 is 1.76 bits per heavy atom. The monoisotopic (exact) mass is 283 g/mol. The van der Waals surface area contributed by atoms with Gasteiger partial charge in [0.25, 0.3) is 0 Å². The zero-order valence-electron chi connectivity index (χ0n) is 12.2. The third-order valence-electron chi connectivity index (χ3n) is 3.49. The third-order valence-corrected chi connectivity index (χ3v) is 3.49. The Morgan fingerprint density at radius 1 is 0.952 bits per heavy atom. The molecule has 0 unspecified atom stereocenters. The first-order valence-corrected chi connectivity index (χ1v) is 6.99. The minimum absolute atomic E-state index is 0.654. The molecule has 3 aromatic rings. The van der Waals surface area contributed by atoms with Crippen LogP contribution in [0.5, 0.6) is 0 Å². The van der Waals surface area contributed by atoms with E-state index < -0.39 is 0 Å². The summed E-state index contributed by atoms with van der Waals surface area (Å²) in [6.45, 7) is 3.87. The van der Waals surface area contributed by atoms with Crippen molar-refractivity contribution in [1.29, 1.82) is 0 Å². The van der Waals surface area contributed by atoms with Gasteiger partial charge in [-0.15, -0.1) is 0 Å². The Kier molecular flexibility index (Phi) is 3.81. The molecule has 0 aliphatic rings. The lowest BCUT2D eigenvalue weighted by Crippen LogP contribution is -1.95. The van der Waals surface area contributed by atoms with Crippen molar-refractivity contribution in [3.63, 3.8) is 0 Å². The Bertz CT molecular complexity index is 697. The molecule has 0 radical (unpaired) electrons. The van der Waals surface area contributed by atoms with Gasteiger partial charge in [0.05, 0.1) is 5.69 Å². The van der Waals surface area contributed by atoms with E-state index in [0.717, 1.165) is 29.3 Å². The lowest BCUT2D eigenvalue weighted by atomic mass is 10.1. The third kappa shape index (κ3) is 3.18. The molecule has 0 fully saturated rings. The summed E-state index contributed by atoms with van der Waals surface area (Å²) in [6, 6.07) is 10.1. The van der Waals surface area contributed by atoms with Crippen molar-refractivity contribution < 1.29 is 9.05 Å². The zero-order valence-corrected chi connectivity index (χ0v) is 12.2. The van der Waals surface area contributed by atoms with Gasteiger partial charge in [0.15, 0.2) is 5.82 Å². The number of rotatable bonds is 5. The molecule has 0 spiro atoms. The number of aryl methyl sites for hydroxylation is 3. The maximum absolute atomic E-state index is 5.30. The van der Waals surface area contributed by atoms with E-state index in [9.17, 15) is 0 Å². The van der Waals surface area contributed by atoms with Crippen LogP contribution in [0.2, 0.25) is 0 Å². The molecule has 0 N–H and O–H groups in total. The second-order valence-electron chi connectivity index (χ2n) is 5.07. The van der Waals surface area contributed by atoms with Crippen molar-refractivity contribution in [2.24, 2.45) is 0 Å². The van der Waals surface area contributed by atoms with Gasteiger partial charge < -0.3 is 9.05 Å². The molecular formula is C16H17N3O2. The average Bonchev–Trinajstić information content (AvgIpc) is 3.06. The van der Waals surface area contributed by atoms with E-state index in [-0.39, 0.29) is 0 Å². The largest absolute Gasteiger partial charge is 0.361 e. The molecule has 2 heterocycles. The van der Waals surface area contributed by atoms with Gasteiger partial charge >= 0.3 is 0 Å². The molecule has 0 aliphatic heterocycles. The van der Waals surface area contributed by atoms with Crippen molar-refractivity contribution in [3.05, 3.63) is 64.6 Å². The Morgan fingerprint density at radius 3 is 2.48 bits per heavy atom. The predicted octanol–water partition coefficient (Wildman–Crippen LogP) is 3.05. The molecule has 5 heteroatoms. The predicted molar refractivity (Wildman–Crippen MR) is 76.9 cm³/mol. The first-order chi connectivity index (χ1) is 10.2. The lowest BCUT2D eigenvalue weighted by Gasteiger charge is -1.96. The molecule has 21 heavy (non-hydrogen) atoms. The van der Waals surface area contributed by atoms with Gasteiger partial charge in [0.2, 0.25) is 5.89 Å². The maximum atomic E-state index is 5.30. The summed E-state index contributed by atoms with van der Waals surface area (Å²) < 4.78 is 10.5. The number of benzene rings is 1. The number of hydrogen-bond acceptors (Lipinski definition) is 5. The van der Waals surface area contributed by atoms with Gasteiger partial charge in [-0.05, 0) is 25.8 Å². The van der Waals surface area contributed by atoms with E-state index in [1.165, 1.54) is 5.56 Å². The van der Waals surface area contributed by atoms with E-state index >= 15 is 0 Å². The summed E-state index contributed by atoms with van der Waals surface area (Å²) >= 11 is 0. The van der Waals surface area contributed by atoms with Crippen LogP contribution in [0.3, 0.4) is 0 Å². The van der Waals surface area contributed by atoms with E-state index in [2.05, 4.69) is 27.4 Å². The maximum Gasteiger partial charge on any atom is 0.226 e. The highest BCUT2D eigenvalue weighted by Gasteiger charge is 2.12. The summed E-state index contributed by atoms with van der Waals surface area (Å²) in [5.74, 6) is 2.23. The van der Waals surface area contributed by atoms with Crippen LogP contribution < -0.4 is 0 Å². The molecule has 5 nitrogen and oxygen atoms in total. The molecule has 0 amide bonds. The second-order valence-corrected chi connectivity index (χ2v) is 5.07. The molecule has 3 rings (SSSR count). The topological polar surface area (TPSA) is 65.0 Å². The summed E-state index contributed by atoms with van der Waals surface area (Å²) in [5, 5.41) is 7.98. The SMILES string of the molecule is Cc1noc(C)c1CCc1nc(Cc2ccccc2)no1. The molecule has 1 aromatic carbocycles. The highest BCUT2D eigenvalue weighted by atomic mass is 16.5. The highest BCUT2D eigenvalue weighted by molar-refractivity contribution is 5.21. The van der Waals surface area contributed by atoms with Gasteiger partial charge in [-0.2, -0.15) is 4.98 Å². The normalized spacial score (nSPS) is 11.0. The quantitative estimate of drug-likeness (QED) is 0.720. The smallest absolute Gasteiger partial charge is 0.226 e. The molecule has 0 atom stereocenters. The molecule has 0 saturated heterocycles. The minimum atomic E-state index is 0.654. The molecule has 0 saturated carbocycles. The van der Waals surface area contributed by atoms with E-state index in [0.29, 0.717) is 18.7 Å². The number of nitrogens with zero attached hydrogens (tertiary/aromatic N) is 3. The summed E-state index contributed by atoms with van der Waals surface area (Å²) in [4.78, 5) is 4.44. The first kappa shape index (κ1) is 13.5. The van der Waals surface area contributed by atoms with Gasteiger partial charge in [-0.3, -0.25) is 0 Å². The standard InChI is InChI=1S/C16H17N3O2/c1-11-14(12(2)20-18-11)8-9-16-17-15(19-21-16)10-13-6-4-3-5-7-13/h3-7H,8-10H2,1-2H3. The summed E-state index contributed by atoms with van der Waals surface area (Å²) in [6.07, 6.45) is 2.19. The van der Waals surface area contributed by atoms with Gasteiger partial charge in [-0.1, -0.05) is 40.6 Å². The molecular weight excluding hydrogens is 266 g/mol. The van der Waals surface area contributed by atoms with Crippen molar-refractivity contribution in [3.8, 4) is 0 Å². The van der Waals surface area contributed by atoms with Gasteiger partial charge in [-0.25, -0.2) is 0 Å². The van der Waals surface area contributed by atoms with Crippen LogP contribution in [0, 0.1) is 13.8 Å². The number of aromatic nitrogens is 3. The van der Waals surface area contributed by atoms with Crippen LogP contribution >= 0.6 is 0 Å². The Hall–Kier alpha value is -2.43. The lowest BCUT2D eigenvalue weighted by molar-refractivity contribution is 0.373. The van der Waals surface area contributed by atoms with Gasteiger partial charge in [0, 0.05) is 18.4 Å². The van der Waals surface area contributed by atoms with Crippen LogP contribution in [-0.2, 0) is 19.3 Å². The zero-order chi connectivity index (χ0) is 14.7. The van der Waals surface area contributed by atoms with Gasteiger partial charge in [0.1, 0.15) is 5.76 Å². The van der Waals surface area contributed by atoms with Crippen LogP contribution in [0.25, 0.3) is 0 Å². The van der Waals surface area contributed by atoms with Crippen molar-refractivity contribution in [2.45, 2.75) is 33.1 Å². The Balaban J connectivity index is 1.63. The minimum Gasteiger partial charge on any atom is -0.361 e. The van der Waals surface area contributed by atoms with Crippen molar-refractivity contribution >= 4 is 0 Å². The van der Waals surface area contributed by atoms with Crippen LogP contribution in [0.4, 0.5) is 0 Å². The van der Waals surface area contributed by atoms with Crippen LogP contribution in [0.15, 0.2) is 39.4 Å². The Labute approximate surface area is 123 Å². The molecule has 108 valence electrons. The average molecular weight is 283 g/mol. The van der Waals surface area contributed by atoms with Crippen LogP contribution in [0.1, 0.15) is 34.3 Å². The van der Waals surface area contributed by atoms with Crippen molar-refractivity contribution in [1.82, 2.24) is 15.3 Å². The van der Waals surface area contributed by atoms with E-state index in [1.54, 1.807) is 0 Å². The van der Waals surface area contributed by atoms with Crippen LogP contribution in [-0.4, -0.2) is 15.3 Å². The highest BCUT2D eigenvalue weighted by Crippen LogP contribution is 2.15. The second kappa shape index (κ2) is 5.91. The fraction of sp³-hybridized carbons (Fsp3) is 0.312. The van der Waals surface area contributed by atoms with Crippen molar-refractivity contribution in [2.75, 3.05) is 0 Å². The fourth-order valence-electron chi connectivity index (χ4n) is 2.33. The first-order valence-electron chi connectivity index (χ1n) is 6.99. The fourth-order valence-corrected chi connectivity index (χ4v) is 2.33. The summed E-state index contributed by atoms with van der Waals surface area (Å²) in [7, 11) is 0. The molecule has 0 bridgehead atoms. The summed E-state index contributed by atoms with van der Waals surface area (Å²) in [5.41, 5.74) is 3.23.